The van der Waals surface area contributed by atoms with Gasteiger partial charge >= 0.3 is 12.1 Å². The molecule has 0 fully saturated rings. The molecule has 0 rings (SSSR count). The Labute approximate surface area is 128 Å². The summed E-state index contributed by atoms with van der Waals surface area (Å²) in [4.78, 5) is 44.3. The van der Waals surface area contributed by atoms with Crippen molar-refractivity contribution in [2.24, 2.45) is 0 Å². The molecule has 0 saturated heterocycles. The molecule has 22 heavy (non-hydrogen) atoms. The molecule has 3 amide bonds. The first-order chi connectivity index (χ1) is 10.1. The van der Waals surface area contributed by atoms with Gasteiger partial charge < -0.3 is 25.8 Å². The molecule has 4 N–H and O–H groups in total. The van der Waals surface area contributed by atoms with Crippen LogP contribution in [0.4, 0.5) is 4.79 Å². The highest BCUT2D eigenvalue weighted by atomic mass is 16.6. The third-order valence-corrected chi connectivity index (χ3v) is 2.13. The molecule has 0 bridgehead atoms. The summed E-state index contributed by atoms with van der Waals surface area (Å²) in [6, 6.07) is 0. The third kappa shape index (κ3) is 12.7. The van der Waals surface area contributed by atoms with E-state index in [1.54, 1.807) is 20.8 Å². The number of carbonyl (C=O) groups is 4. The average molecular weight is 317 g/mol. The Morgan fingerprint density at radius 1 is 0.955 bits per heavy atom. The normalized spacial score (nSPS) is 10.5. The van der Waals surface area contributed by atoms with Gasteiger partial charge in [-0.05, 0) is 27.2 Å². The lowest BCUT2D eigenvalue weighted by Gasteiger charge is -2.19. The summed E-state index contributed by atoms with van der Waals surface area (Å²) < 4.78 is 4.94. The van der Waals surface area contributed by atoms with Gasteiger partial charge in [0.15, 0.2) is 0 Å². The van der Waals surface area contributed by atoms with Crippen LogP contribution in [0.2, 0.25) is 0 Å². The largest absolute Gasteiger partial charge is 0.481 e. The smallest absolute Gasteiger partial charge is 0.408 e. The minimum Gasteiger partial charge on any atom is -0.481 e. The van der Waals surface area contributed by atoms with E-state index < -0.39 is 29.5 Å². The third-order valence-electron chi connectivity index (χ3n) is 2.13. The van der Waals surface area contributed by atoms with E-state index in [-0.39, 0.29) is 26.1 Å². The van der Waals surface area contributed by atoms with Crippen LogP contribution in [0, 0.1) is 0 Å². The molecular weight excluding hydrogens is 294 g/mol. The summed E-state index contributed by atoms with van der Waals surface area (Å²) in [7, 11) is 0. The van der Waals surface area contributed by atoms with Crippen molar-refractivity contribution in [1.29, 1.82) is 0 Å². The van der Waals surface area contributed by atoms with Gasteiger partial charge in [-0.2, -0.15) is 0 Å². The van der Waals surface area contributed by atoms with Crippen LogP contribution in [0.15, 0.2) is 0 Å². The Hall–Kier alpha value is -2.32. The van der Waals surface area contributed by atoms with Crippen LogP contribution in [0.25, 0.3) is 0 Å². The second-order valence-corrected chi connectivity index (χ2v) is 5.48. The second-order valence-electron chi connectivity index (χ2n) is 5.48. The molecule has 0 aromatic rings. The Morgan fingerprint density at radius 2 is 1.50 bits per heavy atom. The molecular formula is C13H23N3O6. The molecule has 0 aromatic heterocycles. The zero-order valence-corrected chi connectivity index (χ0v) is 13.0. The number of carboxylic acids is 1. The Bertz CT molecular complexity index is 416. The molecule has 0 radical (unpaired) electrons. The van der Waals surface area contributed by atoms with Gasteiger partial charge in [0.25, 0.3) is 0 Å². The molecule has 9 heteroatoms. The number of alkyl carbamates (subject to hydrolysis) is 1. The van der Waals surface area contributed by atoms with Crippen molar-refractivity contribution in [2.45, 2.75) is 39.2 Å². The maximum Gasteiger partial charge on any atom is 0.408 e. The van der Waals surface area contributed by atoms with Gasteiger partial charge in [-0.25, -0.2) is 4.79 Å². The molecule has 9 nitrogen and oxygen atoms in total. The highest BCUT2D eigenvalue weighted by Gasteiger charge is 2.16. The molecule has 0 atom stereocenters. The second kappa shape index (κ2) is 9.59. The van der Waals surface area contributed by atoms with Crippen molar-refractivity contribution in [1.82, 2.24) is 16.0 Å². The van der Waals surface area contributed by atoms with Crippen molar-refractivity contribution < 1.29 is 29.0 Å². The maximum atomic E-state index is 11.4. The van der Waals surface area contributed by atoms with E-state index in [0.717, 1.165) is 0 Å². The SMILES string of the molecule is CC(C)(C)OC(=O)NCC(=O)NCC(=O)NCCCC(=O)O. The van der Waals surface area contributed by atoms with Gasteiger partial charge in [-0.15, -0.1) is 0 Å². The number of aliphatic carboxylic acids is 1. The zero-order valence-electron chi connectivity index (χ0n) is 13.0. The van der Waals surface area contributed by atoms with E-state index in [0.29, 0.717) is 6.42 Å². The molecule has 0 aliphatic carbocycles. The Kier molecular flexibility index (Phi) is 8.58. The van der Waals surface area contributed by atoms with Crippen molar-refractivity contribution in [3.63, 3.8) is 0 Å². The van der Waals surface area contributed by atoms with Gasteiger partial charge in [0.2, 0.25) is 11.8 Å². The van der Waals surface area contributed by atoms with Crippen LogP contribution in [0.5, 0.6) is 0 Å². The fraction of sp³-hybridized carbons (Fsp3) is 0.692. The highest BCUT2D eigenvalue weighted by Crippen LogP contribution is 2.05. The molecule has 0 aliphatic rings. The number of amides is 3. The van der Waals surface area contributed by atoms with Gasteiger partial charge in [-0.3, -0.25) is 14.4 Å². The quantitative estimate of drug-likeness (QED) is 0.450. The van der Waals surface area contributed by atoms with Crippen molar-refractivity contribution in [2.75, 3.05) is 19.6 Å². The lowest BCUT2D eigenvalue weighted by Crippen LogP contribution is -2.43. The molecule has 126 valence electrons. The summed E-state index contributed by atoms with van der Waals surface area (Å²) in [6.45, 7) is 4.75. The molecule has 0 aromatic carbocycles. The first-order valence-corrected chi connectivity index (χ1v) is 6.82. The molecule has 0 heterocycles. The molecule has 0 spiro atoms. The first-order valence-electron chi connectivity index (χ1n) is 6.82. The summed E-state index contributed by atoms with van der Waals surface area (Å²) in [6.07, 6.45) is -0.442. The van der Waals surface area contributed by atoms with Crippen molar-refractivity contribution in [3.8, 4) is 0 Å². The number of hydrogen-bond donors (Lipinski definition) is 4. The lowest BCUT2D eigenvalue weighted by atomic mass is 10.2. The van der Waals surface area contributed by atoms with Gasteiger partial charge in [0.05, 0.1) is 6.54 Å². The lowest BCUT2D eigenvalue weighted by molar-refractivity contribution is -0.137. The molecule has 0 aliphatic heterocycles. The number of hydrogen-bond acceptors (Lipinski definition) is 5. The van der Waals surface area contributed by atoms with Crippen molar-refractivity contribution in [3.05, 3.63) is 0 Å². The average Bonchev–Trinajstić information content (AvgIpc) is 2.36. The van der Waals surface area contributed by atoms with Crippen LogP contribution in [0.1, 0.15) is 33.6 Å². The number of ether oxygens (including phenoxy) is 1. The highest BCUT2D eigenvalue weighted by molar-refractivity contribution is 5.87. The van der Waals surface area contributed by atoms with Crippen LogP contribution >= 0.6 is 0 Å². The van der Waals surface area contributed by atoms with E-state index in [4.69, 9.17) is 9.84 Å². The fourth-order valence-electron chi connectivity index (χ4n) is 1.24. The summed E-state index contributed by atoms with van der Waals surface area (Å²) in [5, 5.41) is 15.4. The predicted octanol–water partition coefficient (Wildman–Crippen LogP) is -0.392. The number of carbonyl (C=O) groups excluding carboxylic acids is 3. The minimum atomic E-state index is -0.934. The summed E-state index contributed by atoms with van der Waals surface area (Å²) in [5.41, 5.74) is -0.656. The van der Waals surface area contributed by atoms with E-state index >= 15 is 0 Å². The van der Waals surface area contributed by atoms with Gasteiger partial charge in [0.1, 0.15) is 12.1 Å². The van der Waals surface area contributed by atoms with E-state index in [1.807, 2.05) is 0 Å². The van der Waals surface area contributed by atoms with Gasteiger partial charge in [0, 0.05) is 13.0 Å². The number of nitrogens with one attached hydrogen (secondary N) is 3. The molecule has 0 saturated carbocycles. The Balaban J connectivity index is 3.74. The van der Waals surface area contributed by atoms with Crippen LogP contribution < -0.4 is 16.0 Å². The number of rotatable bonds is 8. The standard InChI is InChI=1S/C13H23N3O6/c1-13(2,3)22-12(21)16-8-10(18)15-7-9(17)14-6-4-5-11(19)20/h4-8H2,1-3H3,(H,14,17)(H,15,18)(H,16,21)(H,19,20). The minimum absolute atomic E-state index is 0.0353. The van der Waals surface area contributed by atoms with Crippen molar-refractivity contribution >= 4 is 23.9 Å². The maximum absolute atomic E-state index is 11.4. The zero-order chi connectivity index (χ0) is 17.2. The van der Waals surface area contributed by atoms with Crippen LogP contribution in [-0.2, 0) is 19.1 Å². The summed E-state index contributed by atoms with van der Waals surface area (Å²) >= 11 is 0. The topological polar surface area (TPSA) is 134 Å². The fourth-order valence-corrected chi connectivity index (χ4v) is 1.24. The van der Waals surface area contributed by atoms with Crippen LogP contribution in [-0.4, -0.2) is 54.2 Å². The van der Waals surface area contributed by atoms with E-state index in [1.165, 1.54) is 0 Å². The number of carboxylic acid groups (broad SMARTS) is 1. The first kappa shape index (κ1) is 19.7. The summed E-state index contributed by atoms with van der Waals surface area (Å²) in [5.74, 6) is -1.90. The Morgan fingerprint density at radius 3 is 2.05 bits per heavy atom. The van der Waals surface area contributed by atoms with E-state index in [9.17, 15) is 19.2 Å². The van der Waals surface area contributed by atoms with E-state index in [2.05, 4.69) is 16.0 Å². The van der Waals surface area contributed by atoms with Gasteiger partial charge in [-0.1, -0.05) is 0 Å². The van der Waals surface area contributed by atoms with Crippen LogP contribution in [0.3, 0.4) is 0 Å². The monoisotopic (exact) mass is 317 g/mol. The molecule has 0 unspecified atom stereocenters. The predicted molar refractivity (Wildman–Crippen MR) is 77.1 cm³/mol.